The smallest absolute Gasteiger partial charge is 0.0923 e. The lowest BCUT2D eigenvalue weighted by Crippen LogP contribution is -2.02. The minimum absolute atomic E-state index is 0.421. The monoisotopic (exact) mass is 250 g/mol. The summed E-state index contributed by atoms with van der Waals surface area (Å²) in [6.45, 7) is 6.10. The third-order valence-corrected chi connectivity index (χ3v) is 4.25. The van der Waals surface area contributed by atoms with E-state index in [0.717, 1.165) is 21.8 Å². The van der Waals surface area contributed by atoms with E-state index in [-0.39, 0.29) is 0 Å². The molecule has 0 spiro atoms. The van der Waals surface area contributed by atoms with Gasteiger partial charge >= 0.3 is 0 Å². The molecule has 0 radical (unpaired) electrons. The molecule has 3 nitrogen and oxygen atoms in total. The zero-order valence-electron chi connectivity index (χ0n) is 10.7. The van der Waals surface area contributed by atoms with Gasteiger partial charge in [-0.25, -0.2) is 0 Å². The van der Waals surface area contributed by atoms with Gasteiger partial charge in [-0.2, -0.15) is 5.10 Å². The van der Waals surface area contributed by atoms with Crippen LogP contribution in [0.25, 0.3) is 0 Å². The largest absolute Gasteiger partial charge is 0.387 e. The Morgan fingerprint density at radius 2 is 2.06 bits per heavy atom. The molecule has 0 amide bonds. The number of aliphatic hydroxyl groups is 1. The van der Waals surface area contributed by atoms with Gasteiger partial charge < -0.3 is 5.11 Å². The zero-order valence-corrected chi connectivity index (χ0v) is 11.5. The van der Waals surface area contributed by atoms with E-state index < -0.39 is 6.10 Å². The molecule has 1 N–H and O–H groups in total. The highest BCUT2D eigenvalue weighted by molar-refractivity contribution is 7.12. The van der Waals surface area contributed by atoms with E-state index in [0.29, 0.717) is 6.42 Å². The Morgan fingerprint density at radius 3 is 2.53 bits per heavy atom. The molecule has 2 heterocycles. The lowest BCUT2D eigenvalue weighted by atomic mass is 10.1. The fourth-order valence-corrected chi connectivity index (χ4v) is 2.90. The highest BCUT2D eigenvalue weighted by atomic mass is 32.1. The van der Waals surface area contributed by atoms with Crippen LogP contribution < -0.4 is 0 Å². The average Bonchev–Trinajstić information content (AvgIpc) is 2.79. The Bertz CT molecular complexity index is 528. The predicted molar refractivity (Wildman–Crippen MR) is 70.4 cm³/mol. The number of aryl methyl sites for hydroxylation is 3. The van der Waals surface area contributed by atoms with Crippen LogP contribution in [0, 0.1) is 20.8 Å². The Hall–Kier alpha value is -1.13. The number of rotatable bonds is 3. The van der Waals surface area contributed by atoms with Gasteiger partial charge in [0.25, 0.3) is 0 Å². The third kappa shape index (κ3) is 2.42. The Balaban J connectivity index is 2.21. The van der Waals surface area contributed by atoms with Crippen LogP contribution in [0.2, 0.25) is 0 Å². The van der Waals surface area contributed by atoms with Crippen LogP contribution in [-0.2, 0) is 13.5 Å². The molecule has 92 valence electrons. The molecule has 2 aromatic heterocycles. The number of hydrogen-bond acceptors (Lipinski definition) is 3. The fourth-order valence-electron chi connectivity index (χ4n) is 2.04. The van der Waals surface area contributed by atoms with Gasteiger partial charge in [-0.1, -0.05) is 0 Å². The molecular weight excluding hydrogens is 232 g/mol. The van der Waals surface area contributed by atoms with Gasteiger partial charge in [-0.3, -0.25) is 4.68 Å². The second kappa shape index (κ2) is 4.63. The molecule has 0 fully saturated rings. The van der Waals surface area contributed by atoms with Crippen molar-refractivity contribution in [2.24, 2.45) is 7.05 Å². The van der Waals surface area contributed by atoms with Crippen LogP contribution in [0.15, 0.2) is 12.1 Å². The highest BCUT2D eigenvalue weighted by Crippen LogP contribution is 2.27. The van der Waals surface area contributed by atoms with Gasteiger partial charge in [0.1, 0.15) is 0 Å². The quantitative estimate of drug-likeness (QED) is 0.909. The summed E-state index contributed by atoms with van der Waals surface area (Å²) < 4.78 is 1.87. The first-order valence-electron chi connectivity index (χ1n) is 5.72. The first kappa shape index (κ1) is 12.3. The van der Waals surface area contributed by atoms with Crippen LogP contribution in [0.4, 0.5) is 0 Å². The predicted octanol–water partition coefficient (Wildman–Crippen LogP) is 2.68. The molecule has 0 bridgehead atoms. The Kier molecular flexibility index (Phi) is 3.35. The molecule has 0 aliphatic carbocycles. The molecule has 0 aliphatic heterocycles. The number of thiophene rings is 1. The van der Waals surface area contributed by atoms with Gasteiger partial charge in [-0.15, -0.1) is 11.3 Å². The van der Waals surface area contributed by atoms with Crippen molar-refractivity contribution in [3.63, 3.8) is 0 Å². The maximum absolute atomic E-state index is 10.2. The van der Waals surface area contributed by atoms with E-state index in [9.17, 15) is 5.11 Å². The number of hydrogen-bond donors (Lipinski definition) is 1. The van der Waals surface area contributed by atoms with E-state index in [4.69, 9.17) is 0 Å². The maximum Gasteiger partial charge on any atom is 0.0923 e. The maximum atomic E-state index is 10.2. The molecule has 0 aromatic carbocycles. The summed E-state index contributed by atoms with van der Waals surface area (Å²) in [6.07, 6.45) is 0.223. The van der Waals surface area contributed by atoms with Gasteiger partial charge in [-0.05, 0) is 38.5 Å². The topological polar surface area (TPSA) is 38.1 Å². The molecule has 2 rings (SSSR count). The van der Waals surface area contributed by atoms with E-state index in [1.54, 1.807) is 11.3 Å². The molecule has 0 saturated heterocycles. The van der Waals surface area contributed by atoms with Crippen molar-refractivity contribution in [3.05, 3.63) is 38.8 Å². The third-order valence-electron chi connectivity index (χ3n) is 3.15. The lowest BCUT2D eigenvalue weighted by Gasteiger charge is -2.08. The summed E-state index contributed by atoms with van der Waals surface area (Å²) in [7, 11) is 1.94. The molecule has 0 saturated carbocycles. The van der Waals surface area contributed by atoms with Crippen molar-refractivity contribution in [1.82, 2.24) is 9.78 Å². The highest BCUT2D eigenvalue weighted by Gasteiger charge is 2.16. The Morgan fingerprint density at radius 1 is 1.35 bits per heavy atom. The number of aromatic nitrogens is 2. The van der Waals surface area contributed by atoms with E-state index in [1.165, 1.54) is 4.88 Å². The van der Waals surface area contributed by atoms with E-state index in [2.05, 4.69) is 12.0 Å². The molecule has 1 atom stereocenters. The molecular formula is C13H18N2OS. The van der Waals surface area contributed by atoms with Crippen LogP contribution >= 0.6 is 11.3 Å². The van der Waals surface area contributed by atoms with Crippen molar-refractivity contribution >= 4 is 11.3 Å². The van der Waals surface area contributed by atoms with Crippen molar-refractivity contribution in [1.29, 1.82) is 0 Å². The normalized spacial score (nSPS) is 13.0. The first-order valence-corrected chi connectivity index (χ1v) is 6.54. The van der Waals surface area contributed by atoms with Gasteiger partial charge in [0.2, 0.25) is 0 Å². The second-order valence-electron chi connectivity index (χ2n) is 4.44. The van der Waals surface area contributed by atoms with Crippen molar-refractivity contribution in [3.8, 4) is 0 Å². The summed E-state index contributed by atoms with van der Waals surface area (Å²) in [5.41, 5.74) is 3.30. The van der Waals surface area contributed by atoms with Gasteiger partial charge in [0.05, 0.1) is 11.8 Å². The van der Waals surface area contributed by atoms with E-state index >= 15 is 0 Å². The molecule has 17 heavy (non-hydrogen) atoms. The van der Waals surface area contributed by atoms with Crippen LogP contribution in [0.5, 0.6) is 0 Å². The van der Waals surface area contributed by atoms with Crippen molar-refractivity contribution in [2.45, 2.75) is 33.3 Å². The number of nitrogens with zero attached hydrogens (tertiary/aromatic N) is 2. The summed E-state index contributed by atoms with van der Waals surface area (Å²) in [5, 5.41) is 14.6. The zero-order chi connectivity index (χ0) is 12.6. The summed E-state index contributed by atoms with van der Waals surface area (Å²) in [5.74, 6) is 0. The minimum atomic E-state index is -0.421. The van der Waals surface area contributed by atoms with Crippen molar-refractivity contribution < 1.29 is 5.11 Å². The SMILES string of the molecule is Cc1ccc(C(O)Cc2c(C)nn(C)c2C)s1. The summed E-state index contributed by atoms with van der Waals surface area (Å²) in [4.78, 5) is 2.27. The average molecular weight is 250 g/mol. The van der Waals surface area contributed by atoms with Gasteiger partial charge in [0, 0.05) is 28.9 Å². The first-order chi connectivity index (χ1) is 7.99. The van der Waals surface area contributed by atoms with Crippen molar-refractivity contribution in [2.75, 3.05) is 0 Å². The van der Waals surface area contributed by atoms with E-state index in [1.807, 2.05) is 37.7 Å². The standard InChI is InChI=1S/C13H18N2OS/c1-8-5-6-13(17-8)12(16)7-11-9(2)14-15(4)10(11)3/h5-6,12,16H,7H2,1-4H3. The molecule has 1 unspecified atom stereocenters. The minimum Gasteiger partial charge on any atom is -0.387 e. The molecule has 0 aliphatic rings. The molecule has 4 heteroatoms. The van der Waals surface area contributed by atoms with Crippen LogP contribution in [0.1, 0.15) is 32.8 Å². The molecule has 2 aromatic rings. The van der Waals surface area contributed by atoms with Crippen LogP contribution in [0.3, 0.4) is 0 Å². The second-order valence-corrected chi connectivity index (χ2v) is 5.76. The number of aliphatic hydroxyl groups excluding tert-OH is 1. The summed E-state index contributed by atoms with van der Waals surface area (Å²) in [6, 6.07) is 4.05. The van der Waals surface area contributed by atoms with Crippen LogP contribution in [-0.4, -0.2) is 14.9 Å². The lowest BCUT2D eigenvalue weighted by molar-refractivity contribution is 0.182. The fraction of sp³-hybridized carbons (Fsp3) is 0.462. The van der Waals surface area contributed by atoms with Gasteiger partial charge in [0.15, 0.2) is 0 Å². The summed E-state index contributed by atoms with van der Waals surface area (Å²) >= 11 is 1.66. The Labute approximate surface area is 106 Å².